The highest BCUT2D eigenvalue weighted by Gasteiger charge is 2.17. The third kappa shape index (κ3) is 2.36. The molecular weight excluding hydrogens is 288 g/mol. The Morgan fingerprint density at radius 2 is 2.18 bits per heavy atom. The maximum absolute atomic E-state index is 11.2. The Hall–Kier alpha value is -1.69. The van der Waals surface area contributed by atoms with Gasteiger partial charge in [-0.15, -0.1) is 10.2 Å². The summed E-state index contributed by atoms with van der Waals surface area (Å²) in [5.74, 6) is -0.498. The summed E-state index contributed by atoms with van der Waals surface area (Å²) >= 11 is 3.36. The fourth-order valence-electron chi connectivity index (χ4n) is 1.33. The summed E-state index contributed by atoms with van der Waals surface area (Å²) in [6.07, 6.45) is 0. The van der Waals surface area contributed by atoms with Crippen molar-refractivity contribution in [2.45, 2.75) is 6.92 Å². The topological polar surface area (TPSA) is 65.2 Å². The molecule has 6 heteroatoms. The average molecular weight is 297 g/mol. The number of rotatable bonds is 2. The van der Waals surface area contributed by atoms with Gasteiger partial charge in [-0.1, -0.05) is 22.0 Å². The van der Waals surface area contributed by atoms with Gasteiger partial charge in [-0.2, -0.15) is 0 Å². The van der Waals surface area contributed by atoms with E-state index in [9.17, 15) is 4.79 Å². The molecule has 0 fully saturated rings. The fraction of sp³-hybridized carbons (Fsp3) is 0.182. The molecule has 0 saturated carbocycles. The molecule has 0 unspecified atom stereocenters. The number of aryl methyl sites for hydroxylation is 1. The first-order valence-electron chi connectivity index (χ1n) is 4.80. The second-order valence-electron chi connectivity index (χ2n) is 3.36. The van der Waals surface area contributed by atoms with Crippen molar-refractivity contribution in [2.24, 2.45) is 0 Å². The molecule has 0 radical (unpaired) electrons. The van der Waals surface area contributed by atoms with Gasteiger partial charge in [-0.3, -0.25) is 0 Å². The molecular formula is C11H9BrN2O3. The van der Waals surface area contributed by atoms with Crippen molar-refractivity contribution < 1.29 is 13.9 Å². The van der Waals surface area contributed by atoms with E-state index in [0.717, 1.165) is 15.6 Å². The molecule has 2 aromatic rings. The summed E-state index contributed by atoms with van der Waals surface area (Å²) in [6.45, 7) is 1.92. The first kappa shape index (κ1) is 11.8. The first-order chi connectivity index (χ1) is 8.11. The van der Waals surface area contributed by atoms with Gasteiger partial charge in [0, 0.05) is 10.0 Å². The summed E-state index contributed by atoms with van der Waals surface area (Å²) in [4.78, 5) is 11.2. The van der Waals surface area contributed by atoms with E-state index >= 15 is 0 Å². The van der Waals surface area contributed by atoms with E-state index in [1.54, 1.807) is 0 Å². The lowest BCUT2D eigenvalue weighted by Crippen LogP contribution is -2.00. The van der Waals surface area contributed by atoms with Crippen LogP contribution in [0.25, 0.3) is 11.5 Å². The number of benzene rings is 1. The van der Waals surface area contributed by atoms with Gasteiger partial charge in [-0.05, 0) is 24.6 Å². The molecule has 0 aliphatic heterocycles. The standard InChI is InChI=1S/C11H9BrN2O3/c1-6-3-4-7(12)5-8(6)9-13-14-10(17-9)11(15)16-2/h3-5H,1-2H3. The maximum Gasteiger partial charge on any atom is 0.396 e. The molecule has 0 aliphatic carbocycles. The SMILES string of the molecule is COC(=O)c1nnc(-c2cc(Br)ccc2C)o1. The number of aromatic nitrogens is 2. The Kier molecular flexibility index (Phi) is 3.23. The highest BCUT2D eigenvalue weighted by molar-refractivity contribution is 9.10. The van der Waals surface area contributed by atoms with Gasteiger partial charge < -0.3 is 9.15 Å². The number of methoxy groups -OCH3 is 1. The van der Waals surface area contributed by atoms with Gasteiger partial charge in [0.15, 0.2) is 0 Å². The summed E-state index contributed by atoms with van der Waals surface area (Å²) in [6, 6.07) is 5.68. The van der Waals surface area contributed by atoms with Crippen LogP contribution >= 0.6 is 15.9 Å². The average Bonchev–Trinajstić information content (AvgIpc) is 2.80. The van der Waals surface area contributed by atoms with Crippen molar-refractivity contribution in [2.75, 3.05) is 7.11 Å². The van der Waals surface area contributed by atoms with Gasteiger partial charge in [-0.25, -0.2) is 4.79 Å². The van der Waals surface area contributed by atoms with Crippen LogP contribution in [-0.4, -0.2) is 23.3 Å². The van der Waals surface area contributed by atoms with Crippen LogP contribution in [0.2, 0.25) is 0 Å². The Morgan fingerprint density at radius 3 is 2.88 bits per heavy atom. The number of esters is 1. The van der Waals surface area contributed by atoms with Crippen LogP contribution in [0.3, 0.4) is 0 Å². The third-order valence-electron chi connectivity index (χ3n) is 2.22. The van der Waals surface area contributed by atoms with Gasteiger partial charge in [0.1, 0.15) is 0 Å². The normalized spacial score (nSPS) is 10.3. The number of halogens is 1. The first-order valence-corrected chi connectivity index (χ1v) is 5.59. The summed E-state index contributed by atoms with van der Waals surface area (Å²) in [5, 5.41) is 7.45. The molecule has 0 N–H and O–H groups in total. The predicted molar refractivity (Wildman–Crippen MR) is 63.5 cm³/mol. The summed E-state index contributed by atoms with van der Waals surface area (Å²) in [7, 11) is 1.26. The Balaban J connectivity index is 2.43. The largest absolute Gasteiger partial charge is 0.462 e. The smallest absolute Gasteiger partial charge is 0.396 e. The van der Waals surface area contributed by atoms with Gasteiger partial charge >= 0.3 is 11.9 Å². The zero-order chi connectivity index (χ0) is 12.4. The predicted octanol–water partition coefficient (Wildman–Crippen LogP) is 2.59. The van der Waals surface area contributed by atoms with Crippen LogP contribution in [-0.2, 0) is 4.74 Å². The number of carbonyl (C=O) groups is 1. The van der Waals surface area contributed by atoms with Crippen molar-refractivity contribution in [3.63, 3.8) is 0 Å². The molecule has 2 rings (SSSR count). The van der Waals surface area contributed by atoms with Gasteiger partial charge in [0.2, 0.25) is 5.89 Å². The van der Waals surface area contributed by atoms with E-state index in [-0.39, 0.29) is 5.89 Å². The van der Waals surface area contributed by atoms with Crippen LogP contribution in [0.5, 0.6) is 0 Å². The summed E-state index contributed by atoms with van der Waals surface area (Å²) < 4.78 is 10.6. The molecule has 5 nitrogen and oxygen atoms in total. The number of hydrogen-bond acceptors (Lipinski definition) is 5. The molecule has 0 bridgehead atoms. The van der Waals surface area contributed by atoms with E-state index in [1.807, 2.05) is 25.1 Å². The molecule has 1 aromatic carbocycles. The molecule has 0 atom stereocenters. The van der Waals surface area contributed by atoms with Crippen LogP contribution < -0.4 is 0 Å². The van der Waals surface area contributed by atoms with Crippen LogP contribution in [0, 0.1) is 6.92 Å². The lowest BCUT2D eigenvalue weighted by atomic mass is 10.1. The van der Waals surface area contributed by atoms with Crippen molar-refractivity contribution in [1.29, 1.82) is 0 Å². The summed E-state index contributed by atoms with van der Waals surface area (Å²) in [5.41, 5.74) is 1.76. The van der Waals surface area contributed by atoms with Crippen molar-refractivity contribution in [1.82, 2.24) is 10.2 Å². The van der Waals surface area contributed by atoms with Gasteiger partial charge in [0.25, 0.3) is 0 Å². The maximum atomic E-state index is 11.2. The second kappa shape index (κ2) is 4.67. The van der Waals surface area contributed by atoms with Gasteiger partial charge in [0.05, 0.1) is 7.11 Å². The molecule has 1 heterocycles. The highest BCUT2D eigenvalue weighted by atomic mass is 79.9. The Morgan fingerprint density at radius 1 is 1.41 bits per heavy atom. The molecule has 1 aromatic heterocycles. The molecule has 0 saturated heterocycles. The minimum absolute atomic E-state index is 0.151. The highest BCUT2D eigenvalue weighted by Crippen LogP contribution is 2.25. The van der Waals surface area contributed by atoms with Crippen LogP contribution in [0.4, 0.5) is 0 Å². The van der Waals surface area contributed by atoms with E-state index < -0.39 is 5.97 Å². The van der Waals surface area contributed by atoms with Crippen LogP contribution in [0.15, 0.2) is 27.1 Å². The van der Waals surface area contributed by atoms with E-state index in [4.69, 9.17) is 4.42 Å². The molecule has 0 amide bonds. The van der Waals surface area contributed by atoms with E-state index in [2.05, 4.69) is 30.9 Å². The van der Waals surface area contributed by atoms with Crippen molar-refractivity contribution in [3.05, 3.63) is 34.1 Å². The number of nitrogens with zero attached hydrogens (tertiary/aromatic N) is 2. The molecule has 88 valence electrons. The molecule has 0 spiro atoms. The molecule has 17 heavy (non-hydrogen) atoms. The number of hydrogen-bond donors (Lipinski definition) is 0. The van der Waals surface area contributed by atoms with Crippen molar-refractivity contribution >= 4 is 21.9 Å². The lowest BCUT2D eigenvalue weighted by Gasteiger charge is -2.00. The minimum atomic E-state index is -0.642. The van der Waals surface area contributed by atoms with Crippen LogP contribution in [0.1, 0.15) is 16.2 Å². The quantitative estimate of drug-likeness (QED) is 0.797. The van der Waals surface area contributed by atoms with E-state index in [0.29, 0.717) is 5.89 Å². The lowest BCUT2D eigenvalue weighted by molar-refractivity contribution is 0.0556. The third-order valence-corrected chi connectivity index (χ3v) is 2.71. The monoisotopic (exact) mass is 296 g/mol. The van der Waals surface area contributed by atoms with Crippen molar-refractivity contribution in [3.8, 4) is 11.5 Å². The zero-order valence-electron chi connectivity index (χ0n) is 9.23. The minimum Gasteiger partial charge on any atom is -0.462 e. The number of carbonyl (C=O) groups excluding carboxylic acids is 1. The molecule has 0 aliphatic rings. The Labute approximate surface area is 106 Å². The second-order valence-corrected chi connectivity index (χ2v) is 4.28. The zero-order valence-corrected chi connectivity index (χ0v) is 10.8. The Bertz CT molecular complexity index is 566. The van der Waals surface area contributed by atoms with E-state index in [1.165, 1.54) is 7.11 Å². The fourth-order valence-corrected chi connectivity index (χ4v) is 1.69. The number of ether oxygens (including phenoxy) is 1.